The fraction of sp³-hybridized carbons (Fsp3) is 0.533. The van der Waals surface area contributed by atoms with Crippen molar-refractivity contribution in [2.45, 2.75) is 26.3 Å². The Kier molecular flexibility index (Phi) is 6.79. The number of hydrogen-bond donors (Lipinski definition) is 2. The molecule has 0 bridgehead atoms. The minimum Gasteiger partial charge on any atom is -0.378 e. The van der Waals surface area contributed by atoms with E-state index >= 15 is 0 Å². The summed E-state index contributed by atoms with van der Waals surface area (Å²) in [7, 11) is 5.91. The van der Waals surface area contributed by atoms with Crippen molar-refractivity contribution >= 4 is 11.6 Å². The summed E-state index contributed by atoms with van der Waals surface area (Å²) >= 11 is 0. The maximum Gasteiger partial charge on any atom is 0.191 e. The Morgan fingerprint density at radius 1 is 1.26 bits per heavy atom. The van der Waals surface area contributed by atoms with Crippen LogP contribution in [0, 0.1) is 0 Å². The van der Waals surface area contributed by atoms with E-state index < -0.39 is 0 Å². The molecule has 0 amide bonds. The van der Waals surface area contributed by atoms with Crippen LogP contribution in [0.2, 0.25) is 0 Å². The molecule has 0 aromatic heterocycles. The smallest absolute Gasteiger partial charge is 0.191 e. The van der Waals surface area contributed by atoms with Crippen LogP contribution in [0.1, 0.15) is 25.3 Å². The van der Waals surface area contributed by atoms with E-state index in [1.54, 1.807) is 7.05 Å². The van der Waals surface area contributed by atoms with E-state index in [0.717, 1.165) is 25.5 Å². The molecule has 1 aromatic carbocycles. The highest BCUT2D eigenvalue weighted by molar-refractivity contribution is 5.79. The molecule has 0 heterocycles. The van der Waals surface area contributed by atoms with E-state index in [2.05, 4.69) is 65.8 Å². The van der Waals surface area contributed by atoms with Crippen LogP contribution in [0.4, 0.5) is 5.69 Å². The van der Waals surface area contributed by atoms with Gasteiger partial charge in [0, 0.05) is 39.9 Å². The first-order valence-corrected chi connectivity index (χ1v) is 6.88. The predicted octanol–water partition coefficient (Wildman–Crippen LogP) is 2.22. The molecule has 2 N–H and O–H groups in total. The lowest BCUT2D eigenvalue weighted by molar-refractivity contribution is 0.729. The van der Waals surface area contributed by atoms with Gasteiger partial charge in [-0.1, -0.05) is 25.5 Å². The number of aliphatic imine (C=N–C) groups is 1. The SMILES string of the molecule is CCCCNC(=NC)NCc1cccc(N(C)C)c1. The molecule has 0 saturated carbocycles. The normalized spacial score (nSPS) is 11.3. The second-order valence-corrected chi connectivity index (χ2v) is 4.77. The number of nitrogens with one attached hydrogen (secondary N) is 2. The van der Waals surface area contributed by atoms with E-state index in [0.29, 0.717) is 0 Å². The summed E-state index contributed by atoms with van der Waals surface area (Å²) in [6.45, 7) is 3.94. The van der Waals surface area contributed by atoms with E-state index in [9.17, 15) is 0 Å². The Bertz CT molecular complexity index is 399. The lowest BCUT2D eigenvalue weighted by Crippen LogP contribution is -2.37. The minimum atomic E-state index is 0.785. The molecule has 0 spiro atoms. The second kappa shape index (κ2) is 8.40. The fourth-order valence-corrected chi connectivity index (χ4v) is 1.73. The third-order valence-electron chi connectivity index (χ3n) is 2.93. The molecule has 0 radical (unpaired) electrons. The van der Waals surface area contributed by atoms with Gasteiger partial charge < -0.3 is 15.5 Å². The molecular weight excluding hydrogens is 236 g/mol. The highest BCUT2D eigenvalue weighted by Gasteiger charge is 2.00. The minimum absolute atomic E-state index is 0.785. The second-order valence-electron chi connectivity index (χ2n) is 4.77. The van der Waals surface area contributed by atoms with Crippen molar-refractivity contribution in [3.05, 3.63) is 29.8 Å². The van der Waals surface area contributed by atoms with E-state index in [-0.39, 0.29) is 0 Å². The molecule has 0 saturated heterocycles. The van der Waals surface area contributed by atoms with Crippen LogP contribution in [0.3, 0.4) is 0 Å². The van der Waals surface area contributed by atoms with Crippen molar-refractivity contribution in [3.8, 4) is 0 Å². The molecule has 19 heavy (non-hydrogen) atoms. The standard InChI is InChI=1S/C15H26N4/c1-5-6-10-17-15(16-2)18-12-13-8-7-9-14(11-13)19(3)4/h7-9,11H,5-6,10,12H2,1-4H3,(H2,16,17,18). The maximum absolute atomic E-state index is 4.22. The van der Waals surface area contributed by atoms with Gasteiger partial charge in [-0.3, -0.25) is 4.99 Å². The third kappa shape index (κ3) is 5.64. The van der Waals surface area contributed by atoms with Crippen LogP contribution in [-0.2, 0) is 6.54 Å². The van der Waals surface area contributed by atoms with Gasteiger partial charge in [-0.15, -0.1) is 0 Å². The molecule has 0 aliphatic carbocycles. The van der Waals surface area contributed by atoms with Gasteiger partial charge in [-0.05, 0) is 24.1 Å². The highest BCUT2D eigenvalue weighted by Crippen LogP contribution is 2.12. The van der Waals surface area contributed by atoms with Gasteiger partial charge in [-0.25, -0.2) is 0 Å². The lowest BCUT2D eigenvalue weighted by Gasteiger charge is -2.15. The van der Waals surface area contributed by atoms with E-state index in [1.807, 2.05) is 0 Å². The Morgan fingerprint density at radius 2 is 2.05 bits per heavy atom. The zero-order chi connectivity index (χ0) is 14.1. The molecule has 0 atom stereocenters. The zero-order valence-electron chi connectivity index (χ0n) is 12.5. The van der Waals surface area contributed by atoms with Crippen molar-refractivity contribution in [2.24, 2.45) is 4.99 Å². The van der Waals surface area contributed by atoms with Crippen molar-refractivity contribution in [1.82, 2.24) is 10.6 Å². The van der Waals surface area contributed by atoms with Gasteiger partial charge in [0.15, 0.2) is 5.96 Å². The first-order chi connectivity index (χ1) is 9.17. The summed E-state index contributed by atoms with van der Waals surface area (Å²) in [5, 5.41) is 6.64. The molecular formula is C15H26N4. The van der Waals surface area contributed by atoms with Crippen molar-refractivity contribution in [1.29, 1.82) is 0 Å². The Balaban J connectivity index is 2.48. The van der Waals surface area contributed by atoms with Gasteiger partial charge in [0.2, 0.25) is 0 Å². The highest BCUT2D eigenvalue weighted by atomic mass is 15.2. The third-order valence-corrected chi connectivity index (χ3v) is 2.93. The number of nitrogens with zero attached hydrogens (tertiary/aromatic N) is 2. The first kappa shape index (κ1) is 15.3. The van der Waals surface area contributed by atoms with E-state index in [4.69, 9.17) is 0 Å². The number of anilines is 1. The number of unbranched alkanes of at least 4 members (excludes halogenated alkanes) is 1. The average Bonchev–Trinajstić information content (AvgIpc) is 2.43. The largest absolute Gasteiger partial charge is 0.378 e. The quantitative estimate of drug-likeness (QED) is 0.469. The van der Waals surface area contributed by atoms with Crippen LogP contribution in [0.25, 0.3) is 0 Å². The molecule has 0 unspecified atom stereocenters. The van der Waals surface area contributed by atoms with E-state index in [1.165, 1.54) is 17.7 Å². The average molecular weight is 262 g/mol. The number of benzene rings is 1. The van der Waals surface area contributed by atoms with Crippen LogP contribution >= 0.6 is 0 Å². The van der Waals surface area contributed by atoms with Crippen LogP contribution in [-0.4, -0.2) is 33.6 Å². The summed E-state index contributed by atoms with van der Waals surface area (Å²) in [6.07, 6.45) is 2.35. The van der Waals surface area contributed by atoms with Gasteiger partial charge >= 0.3 is 0 Å². The summed E-state index contributed by atoms with van der Waals surface area (Å²) in [4.78, 5) is 6.33. The molecule has 0 aliphatic heterocycles. The van der Waals surface area contributed by atoms with Crippen molar-refractivity contribution < 1.29 is 0 Å². The zero-order valence-corrected chi connectivity index (χ0v) is 12.5. The van der Waals surface area contributed by atoms with Crippen LogP contribution in [0.5, 0.6) is 0 Å². The molecule has 1 aromatic rings. The van der Waals surface area contributed by atoms with Crippen LogP contribution < -0.4 is 15.5 Å². The summed E-state index contributed by atoms with van der Waals surface area (Å²) in [5.74, 6) is 0.865. The number of rotatable bonds is 6. The topological polar surface area (TPSA) is 39.7 Å². The molecule has 4 nitrogen and oxygen atoms in total. The summed E-state index contributed by atoms with van der Waals surface area (Å²) in [6, 6.07) is 8.50. The molecule has 0 fully saturated rings. The Morgan fingerprint density at radius 3 is 2.68 bits per heavy atom. The van der Waals surface area contributed by atoms with Gasteiger partial charge in [0.05, 0.1) is 0 Å². The maximum atomic E-state index is 4.22. The van der Waals surface area contributed by atoms with Crippen LogP contribution in [0.15, 0.2) is 29.3 Å². The molecule has 106 valence electrons. The van der Waals surface area contributed by atoms with Crippen molar-refractivity contribution in [3.63, 3.8) is 0 Å². The fourth-order valence-electron chi connectivity index (χ4n) is 1.73. The Hall–Kier alpha value is -1.71. The Labute approximate surface area is 116 Å². The molecule has 0 aliphatic rings. The van der Waals surface area contributed by atoms with Gasteiger partial charge in [-0.2, -0.15) is 0 Å². The monoisotopic (exact) mass is 262 g/mol. The summed E-state index contributed by atoms with van der Waals surface area (Å²) in [5.41, 5.74) is 2.47. The number of guanidine groups is 1. The lowest BCUT2D eigenvalue weighted by atomic mass is 10.2. The molecule has 1 rings (SSSR count). The predicted molar refractivity (Wildman–Crippen MR) is 83.9 cm³/mol. The first-order valence-electron chi connectivity index (χ1n) is 6.88. The van der Waals surface area contributed by atoms with Crippen molar-refractivity contribution in [2.75, 3.05) is 32.6 Å². The number of hydrogen-bond acceptors (Lipinski definition) is 2. The van der Waals surface area contributed by atoms with Gasteiger partial charge in [0.1, 0.15) is 0 Å². The molecule has 4 heteroatoms. The van der Waals surface area contributed by atoms with Gasteiger partial charge in [0.25, 0.3) is 0 Å². The summed E-state index contributed by atoms with van der Waals surface area (Å²) < 4.78 is 0.